The summed E-state index contributed by atoms with van der Waals surface area (Å²) in [4.78, 5) is 16.5. The van der Waals surface area contributed by atoms with Crippen molar-refractivity contribution in [2.24, 2.45) is 0 Å². The molecule has 0 saturated heterocycles. The summed E-state index contributed by atoms with van der Waals surface area (Å²) >= 11 is 0. The van der Waals surface area contributed by atoms with Gasteiger partial charge in [-0.15, -0.1) is 0 Å². The molecular weight excluding hydrogens is 292 g/mol. The Kier molecular flexibility index (Phi) is 4.57. The normalized spacial score (nSPS) is 11.2. The molecule has 0 N–H and O–H groups in total. The average Bonchev–Trinajstić information content (AvgIpc) is 2.61. The maximum atomic E-state index is 12.8. The molecule has 0 atom stereocenters. The minimum Gasteiger partial charge on any atom is -0.717 e. The van der Waals surface area contributed by atoms with Crippen LogP contribution in [0, 0.1) is 0 Å². The van der Waals surface area contributed by atoms with Gasteiger partial charge in [0.2, 0.25) is 0 Å². The second-order valence-electron chi connectivity index (χ2n) is 4.97. The van der Waals surface area contributed by atoms with Crippen LogP contribution in [0.5, 0.6) is 0 Å². The molecule has 0 amide bonds. The molecule has 0 bridgehead atoms. The minimum absolute atomic E-state index is 0.0582. The van der Waals surface area contributed by atoms with Gasteiger partial charge in [0.25, 0.3) is 0 Å². The van der Waals surface area contributed by atoms with Crippen LogP contribution in [0.1, 0.15) is 25.9 Å². The van der Waals surface area contributed by atoms with Crippen LogP contribution in [0.15, 0.2) is 66.7 Å². The number of ketones is 1. The second-order valence-corrected chi connectivity index (χ2v) is 4.97. The highest BCUT2D eigenvalue weighted by molar-refractivity contribution is 6.19. The van der Waals surface area contributed by atoms with E-state index in [0.29, 0.717) is 11.1 Å². The van der Waals surface area contributed by atoms with E-state index in [4.69, 9.17) is 4.42 Å². The van der Waals surface area contributed by atoms with Crippen molar-refractivity contribution in [2.45, 2.75) is 0 Å². The van der Waals surface area contributed by atoms with E-state index in [9.17, 15) is 10.1 Å². The molecule has 23 heavy (non-hydrogen) atoms. The van der Waals surface area contributed by atoms with Gasteiger partial charge in [-0.05, 0) is 11.5 Å². The van der Waals surface area contributed by atoms with Crippen molar-refractivity contribution >= 4 is 22.8 Å². The number of fused-ring (bicyclic) bond motifs is 1. The van der Waals surface area contributed by atoms with Crippen molar-refractivity contribution in [1.29, 1.82) is 0 Å². The van der Waals surface area contributed by atoms with Gasteiger partial charge < -0.3 is 10.1 Å². The van der Waals surface area contributed by atoms with E-state index in [2.05, 4.69) is 4.89 Å². The number of hydrogen-bond donors (Lipinski definition) is 0. The van der Waals surface area contributed by atoms with Gasteiger partial charge >= 0.3 is 13.1 Å². The first-order chi connectivity index (χ1) is 11.3. The van der Waals surface area contributed by atoms with Crippen molar-refractivity contribution in [3.63, 3.8) is 0 Å². The summed E-state index contributed by atoms with van der Waals surface area (Å²) in [5, 5.41) is 11.8. The Morgan fingerprint density at radius 2 is 1.74 bits per heavy atom. The molecule has 0 spiro atoms. The van der Waals surface area contributed by atoms with E-state index >= 15 is 0 Å². The Morgan fingerprint density at radius 3 is 2.48 bits per heavy atom. The van der Waals surface area contributed by atoms with Crippen molar-refractivity contribution in [1.82, 2.24) is 0 Å². The molecule has 4 nitrogen and oxygen atoms in total. The number of rotatable bonds is 5. The lowest BCUT2D eigenvalue weighted by molar-refractivity contribution is -0.725. The largest absolute Gasteiger partial charge is 0.717 e. The van der Waals surface area contributed by atoms with E-state index in [1.807, 2.05) is 48.5 Å². The molecule has 0 aliphatic carbocycles. The van der Waals surface area contributed by atoms with Gasteiger partial charge in [-0.1, -0.05) is 60.7 Å². The second kappa shape index (κ2) is 6.96. The number of hydrogen-bond acceptors (Lipinski definition) is 3. The molecule has 0 heterocycles. The lowest BCUT2D eigenvalue weighted by Crippen LogP contribution is -2.05. The Balaban J connectivity index is 2.15. The van der Waals surface area contributed by atoms with E-state index < -0.39 is 0 Å². The van der Waals surface area contributed by atoms with Gasteiger partial charge in [0, 0.05) is 16.5 Å². The highest BCUT2D eigenvalue weighted by Crippen LogP contribution is 2.24. The van der Waals surface area contributed by atoms with Crippen molar-refractivity contribution in [3.8, 4) is 0 Å². The number of carbonyl (C=O) groups is 1. The molecule has 3 aromatic carbocycles. The maximum absolute atomic E-state index is 12.8. The van der Waals surface area contributed by atoms with Gasteiger partial charge in [-0.25, -0.2) is 4.42 Å². The van der Waals surface area contributed by atoms with Crippen LogP contribution in [-0.2, 0) is 4.89 Å². The first-order valence-electron chi connectivity index (χ1n) is 7.12. The summed E-state index contributed by atoms with van der Waals surface area (Å²) in [5.41, 5.74) is 1.94. The predicted molar refractivity (Wildman–Crippen MR) is 85.2 cm³/mol. The first kappa shape index (κ1) is 15.1. The van der Waals surface area contributed by atoms with Crippen molar-refractivity contribution < 1.29 is 19.4 Å². The molecule has 4 heteroatoms. The molecular formula is C19H14O4. The fraction of sp³-hybridized carbons (Fsp3) is 0.0526. The molecule has 0 aromatic heterocycles. The van der Waals surface area contributed by atoms with Crippen LogP contribution in [0.2, 0.25) is 0 Å². The fourth-order valence-corrected chi connectivity index (χ4v) is 2.55. The average molecular weight is 306 g/mol. The smallest absolute Gasteiger partial charge is 0.363 e. The zero-order valence-corrected chi connectivity index (χ0v) is 12.3. The molecule has 0 aliphatic rings. The van der Waals surface area contributed by atoms with E-state index in [0.717, 1.165) is 16.3 Å². The topological polar surface area (TPSA) is 60.7 Å². The third kappa shape index (κ3) is 3.18. The van der Waals surface area contributed by atoms with Gasteiger partial charge in [-0.3, -0.25) is 4.79 Å². The summed E-state index contributed by atoms with van der Waals surface area (Å²) in [6.45, 7) is -0.384. The quantitative estimate of drug-likeness (QED) is 0.182. The van der Waals surface area contributed by atoms with Crippen LogP contribution in [0.25, 0.3) is 10.8 Å². The van der Waals surface area contributed by atoms with Crippen LogP contribution >= 0.6 is 0 Å². The van der Waals surface area contributed by atoms with Crippen LogP contribution < -0.4 is 5.26 Å². The zero-order chi connectivity index (χ0) is 16.1. The third-order valence-corrected chi connectivity index (χ3v) is 3.54. The molecule has 0 saturated carbocycles. The summed E-state index contributed by atoms with van der Waals surface area (Å²) in [7, 11) is 0. The SMILES string of the molecule is O=C(c1ccccc1)c1cccc2cccc(C=[O+]CO[O-])c12. The standard InChI is InChI=1S/C19H14O4/c20-19(15-6-2-1-3-7-15)17-11-5-9-14-8-4-10-16(18(14)17)12-22-13-23-21/h1-12H,13H2. The summed E-state index contributed by atoms with van der Waals surface area (Å²) in [5.74, 6) is -0.0582. The molecule has 0 aliphatic heterocycles. The lowest BCUT2D eigenvalue weighted by atomic mass is 9.94. The third-order valence-electron chi connectivity index (χ3n) is 3.54. The van der Waals surface area contributed by atoms with Gasteiger partial charge in [0.05, 0.1) is 5.56 Å². The molecule has 3 aromatic rings. The highest BCUT2D eigenvalue weighted by atomic mass is 17.1. The Bertz CT molecular complexity index is 848. The van der Waals surface area contributed by atoms with Crippen LogP contribution in [-0.4, -0.2) is 18.9 Å². The number of carbonyl (C=O) groups excluding carboxylic acids is 2. The number of aldehydes is 1. The molecule has 0 radical (unpaired) electrons. The predicted octanol–water partition coefficient (Wildman–Crippen LogP) is 2.67. The molecule has 0 fully saturated rings. The van der Waals surface area contributed by atoms with E-state index in [-0.39, 0.29) is 12.6 Å². The van der Waals surface area contributed by atoms with Gasteiger partial charge in [0.1, 0.15) is 0 Å². The Hall–Kier alpha value is -2.82. The highest BCUT2D eigenvalue weighted by Gasteiger charge is 2.15. The molecule has 0 unspecified atom stereocenters. The fourth-order valence-electron chi connectivity index (χ4n) is 2.55. The summed E-state index contributed by atoms with van der Waals surface area (Å²) in [6, 6.07) is 20.3. The van der Waals surface area contributed by atoms with Crippen LogP contribution in [0.4, 0.5) is 0 Å². The Labute approximate surface area is 133 Å². The minimum atomic E-state index is -0.384. The van der Waals surface area contributed by atoms with E-state index in [1.54, 1.807) is 18.2 Å². The summed E-state index contributed by atoms with van der Waals surface area (Å²) < 4.78 is 5.05. The first-order valence-corrected chi connectivity index (χ1v) is 7.12. The maximum Gasteiger partial charge on any atom is 0.363 e. The molecule has 114 valence electrons. The lowest BCUT2D eigenvalue weighted by Gasteiger charge is -2.07. The monoisotopic (exact) mass is 306 g/mol. The van der Waals surface area contributed by atoms with Gasteiger partial charge in [-0.2, -0.15) is 0 Å². The van der Waals surface area contributed by atoms with Crippen molar-refractivity contribution in [2.75, 3.05) is 6.79 Å². The van der Waals surface area contributed by atoms with Crippen LogP contribution in [0.3, 0.4) is 0 Å². The molecule has 3 rings (SSSR count). The summed E-state index contributed by atoms with van der Waals surface area (Å²) in [6.07, 6.45) is 1.43. The van der Waals surface area contributed by atoms with E-state index in [1.165, 1.54) is 6.29 Å². The number of benzene rings is 3. The Morgan fingerprint density at radius 1 is 1.00 bits per heavy atom. The zero-order valence-electron chi connectivity index (χ0n) is 12.3. The van der Waals surface area contributed by atoms with Gasteiger partial charge in [0.15, 0.2) is 5.78 Å². The van der Waals surface area contributed by atoms with Crippen molar-refractivity contribution in [3.05, 3.63) is 83.4 Å².